The fraction of sp³-hybridized carbons (Fsp3) is 0.190. The van der Waals surface area contributed by atoms with Gasteiger partial charge in [-0.15, -0.1) is 0 Å². The molecule has 2 N–H and O–H groups in total. The molecule has 0 radical (unpaired) electrons. The van der Waals surface area contributed by atoms with Crippen LogP contribution < -0.4 is 5.32 Å². The van der Waals surface area contributed by atoms with E-state index in [1.165, 1.54) is 0 Å². The van der Waals surface area contributed by atoms with E-state index in [1.54, 1.807) is 6.07 Å². The van der Waals surface area contributed by atoms with Crippen molar-refractivity contribution in [1.82, 2.24) is 15.5 Å². The fourth-order valence-electron chi connectivity index (χ4n) is 2.96. The van der Waals surface area contributed by atoms with Gasteiger partial charge in [0.05, 0.1) is 24.9 Å². The van der Waals surface area contributed by atoms with Crippen molar-refractivity contribution >= 4 is 11.7 Å². The average molecular weight is 432 g/mol. The fourth-order valence-corrected chi connectivity index (χ4v) is 2.96. The molecule has 2 aromatic carbocycles. The van der Waals surface area contributed by atoms with E-state index >= 15 is 0 Å². The molecule has 160 valence electrons. The van der Waals surface area contributed by atoms with Crippen molar-refractivity contribution in [2.24, 2.45) is 4.99 Å². The largest absolute Gasteiger partial charge is 0.377 e. The number of aromatic amines is 1. The lowest BCUT2D eigenvalue weighted by molar-refractivity contribution is 0.0131. The highest BCUT2D eigenvalue weighted by atomic mass is 19.2. The summed E-state index contributed by atoms with van der Waals surface area (Å²) in [6, 6.07) is 7.29. The summed E-state index contributed by atoms with van der Waals surface area (Å²) in [6.45, 7) is 0.780. The number of hydrogen-bond donors (Lipinski definition) is 2. The van der Waals surface area contributed by atoms with Crippen molar-refractivity contribution in [3.63, 3.8) is 0 Å². The number of ether oxygens (including phenoxy) is 1. The first-order valence-electron chi connectivity index (χ1n) is 9.29. The van der Waals surface area contributed by atoms with Gasteiger partial charge in [-0.3, -0.25) is 14.9 Å². The Kier molecular flexibility index (Phi) is 5.81. The zero-order valence-corrected chi connectivity index (χ0v) is 16.0. The maximum Gasteiger partial charge on any atom is 0.256 e. The van der Waals surface area contributed by atoms with Crippen LogP contribution in [0.5, 0.6) is 0 Å². The molecule has 3 aromatic rings. The Morgan fingerprint density at radius 2 is 1.81 bits per heavy atom. The summed E-state index contributed by atoms with van der Waals surface area (Å²) in [6.07, 6.45) is 0.108. The predicted molar refractivity (Wildman–Crippen MR) is 104 cm³/mol. The summed E-state index contributed by atoms with van der Waals surface area (Å²) < 4.78 is 58.6. The number of rotatable bonds is 5. The number of nitrogens with one attached hydrogen (secondary N) is 2. The van der Waals surface area contributed by atoms with Crippen LogP contribution in [-0.4, -0.2) is 41.2 Å². The van der Waals surface area contributed by atoms with Crippen molar-refractivity contribution in [3.8, 4) is 11.3 Å². The molecular weight excluding hydrogens is 416 g/mol. The number of amides is 1. The molecule has 0 saturated carbocycles. The van der Waals surface area contributed by atoms with Crippen LogP contribution in [0, 0.1) is 23.3 Å². The van der Waals surface area contributed by atoms with Crippen LogP contribution in [0.4, 0.5) is 17.6 Å². The van der Waals surface area contributed by atoms with Gasteiger partial charge >= 0.3 is 0 Å². The van der Waals surface area contributed by atoms with E-state index in [0.29, 0.717) is 24.6 Å². The van der Waals surface area contributed by atoms with Crippen LogP contribution in [0.15, 0.2) is 47.5 Å². The van der Waals surface area contributed by atoms with Gasteiger partial charge in [-0.2, -0.15) is 5.10 Å². The molecule has 4 rings (SSSR count). The van der Waals surface area contributed by atoms with Crippen LogP contribution in [0.2, 0.25) is 0 Å². The molecular formula is C21H16F4N4O2. The summed E-state index contributed by atoms with van der Waals surface area (Å²) in [5, 5.41) is 9.39. The number of benzene rings is 2. The van der Waals surface area contributed by atoms with Crippen molar-refractivity contribution in [1.29, 1.82) is 0 Å². The molecule has 1 amide bonds. The Bertz CT molecular complexity index is 1140. The smallest absolute Gasteiger partial charge is 0.256 e. The molecule has 31 heavy (non-hydrogen) atoms. The molecule has 0 unspecified atom stereocenters. The van der Waals surface area contributed by atoms with E-state index in [9.17, 15) is 22.4 Å². The van der Waals surface area contributed by atoms with Gasteiger partial charge in [0.25, 0.3) is 5.91 Å². The van der Waals surface area contributed by atoms with Gasteiger partial charge in [-0.25, -0.2) is 17.6 Å². The highest BCUT2D eigenvalue weighted by molar-refractivity contribution is 6.07. The lowest BCUT2D eigenvalue weighted by atomic mass is 10.1. The number of H-pyrrole nitrogens is 1. The number of aromatic nitrogens is 2. The van der Waals surface area contributed by atoms with E-state index in [-0.39, 0.29) is 29.4 Å². The summed E-state index contributed by atoms with van der Waals surface area (Å²) in [7, 11) is 0. The third-order valence-electron chi connectivity index (χ3n) is 4.55. The molecule has 1 saturated heterocycles. The molecule has 1 aliphatic heterocycles. The van der Waals surface area contributed by atoms with E-state index < -0.39 is 29.2 Å². The normalized spacial score (nSPS) is 14.4. The maximum absolute atomic E-state index is 13.5. The number of hydrogen-bond acceptors (Lipinski definition) is 4. The molecule has 2 heterocycles. The number of halogens is 4. The molecule has 6 nitrogen and oxygen atoms in total. The van der Waals surface area contributed by atoms with Crippen LogP contribution in [0.25, 0.3) is 11.3 Å². The second-order valence-electron chi connectivity index (χ2n) is 6.96. The van der Waals surface area contributed by atoms with Gasteiger partial charge in [-0.05, 0) is 36.4 Å². The summed E-state index contributed by atoms with van der Waals surface area (Å²) >= 11 is 0. The molecule has 1 aromatic heterocycles. The number of aliphatic imine (C=N–C) groups is 1. The van der Waals surface area contributed by atoms with Crippen molar-refractivity contribution < 1.29 is 27.1 Å². The molecule has 0 spiro atoms. The third kappa shape index (κ3) is 4.97. The van der Waals surface area contributed by atoms with E-state index in [1.807, 2.05) is 0 Å². The number of carbonyl (C=O) groups is 1. The van der Waals surface area contributed by atoms with Gasteiger partial charge in [0, 0.05) is 29.3 Å². The topological polar surface area (TPSA) is 79.4 Å². The minimum Gasteiger partial charge on any atom is -0.377 e. The highest BCUT2D eigenvalue weighted by Gasteiger charge is 2.20. The highest BCUT2D eigenvalue weighted by Crippen LogP contribution is 2.21. The summed E-state index contributed by atoms with van der Waals surface area (Å²) in [5.41, 5.74) is 1.00. The van der Waals surface area contributed by atoms with Crippen LogP contribution in [0.3, 0.4) is 0 Å². The van der Waals surface area contributed by atoms with E-state index in [4.69, 9.17) is 4.74 Å². The summed E-state index contributed by atoms with van der Waals surface area (Å²) in [4.78, 5) is 16.9. The average Bonchev–Trinajstić information content (AvgIpc) is 3.14. The van der Waals surface area contributed by atoms with Crippen molar-refractivity contribution in [3.05, 3.63) is 77.0 Å². The first-order chi connectivity index (χ1) is 14.9. The first kappa shape index (κ1) is 20.7. The number of amidine groups is 1. The van der Waals surface area contributed by atoms with E-state index in [0.717, 1.165) is 36.4 Å². The van der Waals surface area contributed by atoms with Crippen LogP contribution in [0.1, 0.15) is 16.1 Å². The minimum absolute atomic E-state index is 0.0722. The van der Waals surface area contributed by atoms with Crippen molar-refractivity contribution in [2.45, 2.75) is 12.5 Å². The quantitative estimate of drug-likeness (QED) is 0.369. The SMILES string of the molecule is O=C(NC(Cc1cc(-c2cc(F)cc(F)c2)n[nH]1)=NC1COC1)c1ccc(F)c(F)c1. The maximum atomic E-state index is 13.5. The molecule has 10 heteroatoms. The Balaban J connectivity index is 1.53. The predicted octanol–water partition coefficient (Wildman–Crippen LogP) is 3.40. The van der Waals surface area contributed by atoms with Crippen LogP contribution in [-0.2, 0) is 11.2 Å². The lowest BCUT2D eigenvalue weighted by Crippen LogP contribution is -2.38. The van der Waals surface area contributed by atoms with Gasteiger partial charge in [0.15, 0.2) is 11.6 Å². The number of carbonyl (C=O) groups excluding carboxylic acids is 1. The molecule has 1 fully saturated rings. The Morgan fingerprint density at radius 3 is 2.45 bits per heavy atom. The minimum atomic E-state index is -1.14. The lowest BCUT2D eigenvalue weighted by Gasteiger charge is -2.23. The third-order valence-corrected chi connectivity index (χ3v) is 4.55. The van der Waals surface area contributed by atoms with Crippen LogP contribution >= 0.6 is 0 Å². The second-order valence-corrected chi connectivity index (χ2v) is 6.96. The van der Waals surface area contributed by atoms with Gasteiger partial charge in [0.1, 0.15) is 17.5 Å². The monoisotopic (exact) mass is 432 g/mol. The van der Waals surface area contributed by atoms with Gasteiger partial charge < -0.3 is 10.1 Å². The first-order valence-corrected chi connectivity index (χ1v) is 9.29. The van der Waals surface area contributed by atoms with Crippen molar-refractivity contribution in [2.75, 3.05) is 13.2 Å². The van der Waals surface area contributed by atoms with Gasteiger partial charge in [-0.1, -0.05) is 0 Å². The van der Waals surface area contributed by atoms with Gasteiger partial charge in [0.2, 0.25) is 0 Å². The zero-order chi connectivity index (χ0) is 22.0. The Morgan fingerprint density at radius 1 is 1.06 bits per heavy atom. The summed E-state index contributed by atoms with van der Waals surface area (Å²) in [5.74, 6) is -4.07. The molecule has 0 bridgehead atoms. The second kappa shape index (κ2) is 8.68. The molecule has 0 aliphatic carbocycles. The molecule has 0 atom stereocenters. The zero-order valence-electron chi connectivity index (χ0n) is 16.0. The standard InChI is InChI=1S/C21H16F4N4O2/c22-13-3-12(4-14(23)6-13)19-7-15(28-29-19)8-20(26-16-9-31-10-16)27-21(30)11-1-2-17(24)18(25)5-11/h1-7,16H,8-10H2,(H,28,29)(H,26,27,30). The van der Waals surface area contributed by atoms with E-state index in [2.05, 4.69) is 20.5 Å². The Labute approximate surface area is 174 Å². The Hall–Kier alpha value is -3.53. The molecule has 1 aliphatic rings. The number of nitrogens with zero attached hydrogens (tertiary/aromatic N) is 2.